The molecule has 2 aliphatic carbocycles. The first-order valence-corrected chi connectivity index (χ1v) is 13.3. The van der Waals surface area contributed by atoms with Crippen molar-refractivity contribution in [3.05, 3.63) is 65.5 Å². The van der Waals surface area contributed by atoms with Gasteiger partial charge in [-0.3, -0.25) is 9.88 Å². The third-order valence-electron chi connectivity index (χ3n) is 9.75. The van der Waals surface area contributed by atoms with E-state index >= 15 is 0 Å². The predicted octanol–water partition coefficient (Wildman–Crippen LogP) is 6.55. The molecule has 172 valence electrons. The molecule has 2 spiro atoms. The quantitative estimate of drug-likeness (QED) is 0.495. The molecule has 2 bridgehead atoms. The van der Waals surface area contributed by atoms with Crippen molar-refractivity contribution in [2.75, 3.05) is 13.1 Å². The second-order valence-corrected chi connectivity index (χ2v) is 11.5. The molecule has 1 aromatic heterocycles. The van der Waals surface area contributed by atoms with E-state index in [1.54, 1.807) is 5.57 Å². The van der Waals surface area contributed by atoms with Gasteiger partial charge < -0.3 is 4.74 Å². The molecule has 7 rings (SSSR count). The highest BCUT2D eigenvalue weighted by Gasteiger charge is 2.59. The average Bonchev–Trinajstić information content (AvgIpc) is 3.64. The minimum Gasteiger partial charge on any atom is -0.359 e. The third-order valence-corrected chi connectivity index (χ3v) is 9.75. The van der Waals surface area contributed by atoms with Crippen molar-refractivity contribution in [1.82, 2.24) is 9.88 Å². The van der Waals surface area contributed by atoms with Crippen LogP contribution in [0.1, 0.15) is 76.2 Å². The van der Waals surface area contributed by atoms with Crippen LogP contribution in [0.3, 0.4) is 0 Å². The Bertz CT molecular complexity index is 1150. The van der Waals surface area contributed by atoms with Gasteiger partial charge in [0.25, 0.3) is 0 Å². The number of hydrogen-bond donors (Lipinski definition) is 0. The fourth-order valence-electron chi connectivity index (χ4n) is 7.65. The van der Waals surface area contributed by atoms with E-state index in [1.807, 2.05) is 12.4 Å². The summed E-state index contributed by atoms with van der Waals surface area (Å²) in [6.07, 6.45) is 20.2. The number of benzene rings is 1. The van der Waals surface area contributed by atoms with Crippen molar-refractivity contribution < 1.29 is 4.74 Å². The molecule has 1 saturated carbocycles. The Balaban J connectivity index is 1.18. The fraction of sp³-hybridized carbons (Fsp3) is 0.567. The Morgan fingerprint density at radius 1 is 1.03 bits per heavy atom. The van der Waals surface area contributed by atoms with Crippen LogP contribution in [-0.2, 0) is 4.74 Å². The molecule has 2 saturated heterocycles. The molecule has 1 aromatic carbocycles. The highest BCUT2D eigenvalue weighted by atomic mass is 16.5. The van der Waals surface area contributed by atoms with Crippen LogP contribution in [0.15, 0.2) is 60.0 Å². The molecule has 0 N–H and O–H groups in total. The second kappa shape index (κ2) is 7.52. The van der Waals surface area contributed by atoms with Gasteiger partial charge in [0.15, 0.2) is 0 Å². The lowest BCUT2D eigenvalue weighted by atomic mass is 9.74. The van der Waals surface area contributed by atoms with E-state index in [4.69, 9.17) is 4.74 Å². The minimum absolute atomic E-state index is 0.0376. The molecular formula is C30H36N2O. The minimum atomic E-state index is -0.0491. The molecule has 0 radical (unpaired) electrons. The van der Waals surface area contributed by atoms with Gasteiger partial charge in [-0.1, -0.05) is 31.2 Å². The first kappa shape index (κ1) is 20.4. The Labute approximate surface area is 197 Å². The van der Waals surface area contributed by atoms with Crippen molar-refractivity contribution in [1.29, 1.82) is 0 Å². The number of allylic oxidation sites excluding steroid dienone is 1. The van der Waals surface area contributed by atoms with Gasteiger partial charge in [-0.2, -0.15) is 0 Å². The van der Waals surface area contributed by atoms with E-state index in [0.29, 0.717) is 11.8 Å². The molecule has 5 unspecified atom stereocenters. The zero-order valence-corrected chi connectivity index (χ0v) is 19.9. The first-order valence-electron chi connectivity index (χ1n) is 13.3. The van der Waals surface area contributed by atoms with Crippen LogP contribution in [0.25, 0.3) is 10.8 Å². The second-order valence-electron chi connectivity index (χ2n) is 11.5. The lowest BCUT2D eigenvalue weighted by molar-refractivity contribution is -0.113. The average molecular weight is 441 g/mol. The van der Waals surface area contributed by atoms with Crippen LogP contribution in [0.4, 0.5) is 0 Å². The first-order chi connectivity index (χ1) is 16.2. The van der Waals surface area contributed by atoms with Crippen LogP contribution in [0, 0.1) is 5.92 Å². The number of pyridine rings is 1. The van der Waals surface area contributed by atoms with Gasteiger partial charge in [0, 0.05) is 36.9 Å². The lowest BCUT2D eigenvalue weighted by Crippen LogP contribution is -2.50. The number of aromatic nitrogens is 1. The van der Waals surface area contributed by atoms with Crippen molar-refractivity contribution in [2.45, 2.75) is 87.9 Å². The van der Waals surface area contributed by atoms with Crippen LogP contribution < -0.4 is 0 Å². The van der Waals surface area contributed by atoms with Gasteiger partial charge >= 0.3 is 0 Å². The van der Waals surface area contributed by atoms with Gasteiger partial charge in [0.05, 0.1) is 11.2 Å². The van der Waals surface area contributed by atoms with E-state index < -0.39 is 0 Å². The normalized spacial score (nSPS) is 38.4. The van der Waals surface area contributed by atoms with Gasteiger partial charge in [0.2, 0.25) is 0 Å². The maximum atomic E-state index is 7.32. The highest BCUT2D eigenvalue weighted by Crippen LogP contribution is 2.59. The molecule has 4 heterocycles. The Morgan fingerprint density at radius 3 is 2.88 bits per heavy atom. The summed E-state index contributed by atoms with van der Waals surface area (Å²) in [5, 5.41) is 2.56. The van der Waals surface area contributed by atoms with Crippen molar-refractivity contribution in [3.8, 4) is 0 Å². The number of fused-ring (bicyclic) bond motifs is 1. The predicted molar refractivity (Wildman–Crippen MR) is 133 cm³/mol. The van der Waals surface area contributed by atoms with Gasteiger partial charge in [-0.15, -0.1) is 0 Å². The molecule has 3 aliphatic heterocycles. The molecule has 3 nitrogen and oxygen atoms in total. The summed E-state index contributed by atoms with van der Waals surface area (Å²) in [6, 6.07) is 9.90. The van der Waals surface area contributed by atoms with E-state index in [0.717, 1.165) is 12.5 Å². The SMILES string of the molecule is CC1CCC(c2ccc3ccncc3c2)CCC=C2C=C3CCC(N4CC4)CC34CCC21O4. The number of rotatable bonds is 2. The number of ether oxygens (including phenoxy) is 1. The Morgan fingerprint density at radius 2 is 1.97 bits per heavy atom. The lowest BCUT2D eigenvalue weighted by Gasteiger charge is -2.48. The summed E-state index contributed by atoms with van der Waals surface area (Å²) >= 11 is 0. The molecule has 3 heteroatoms. The summed E-state index contributed by atoms with van der Waals surface area (Å²) in [6.45, 7) is 5.08. The fourth-order valence-corrected chi connectivity index (χ4v) is 7.65. The highest BCUT2D eigenvalue weighted by molar-refractivity contribution is 5.82. The summed E-state index contributed by atoms with van der Waals surface area (Å²) in [5.74, 6) is 1.17. The van der Waals surface area contributed by atoms with Gasteiger partial charge in [-0.05, 0) is 104 Å². The molecule has 0 amide bonds. The van der Waals surface area contributed by atoms with Crippen molar-refractivity contribution in [2.24, 2.45) is 5.92 Å². The van der Waals surface area contributed by atoms with E-state index in [1.165, 1.54) is 86.4 Å². The number of hydrogen-bond acceptors (Lipinski definition) is 3. The molecule has 33 heavy (non-hydrogen) atoms. The number of nitrogens with zero attached hydrogens (tertiary/aromatic N) is 2. The summed E-state index contributed by atoms with van der Waals surface area (Å²) in [4.78, 5) is 7.02. The van der Waals surface area contributed by atoms with Crippen LogP contribution in [0.5, 0.6) is 0 Å². The zero-order valence-electron chi connectivity index (χ0n) is 19.9. The summed E-state index contributed by atoms with van der Waals surface area (Å²) < 4.78 is 7.32. The van der Waals surface area contributed by atoms with Gasteiger partial charge in [-0.25, -0.2) is 0 Å². The van der Waals surface area contributed by atoms with Gasteiger partial charge in [0.1, 0.15) is 0 Å². The van der Waals surface area contributed by atoms with Crippen LogP contribution >= 0.6 is 0 Å². The Kier molecular flexibility index (Phi) is 4.65. The third kappa shape index (κ3) is 3.26. The van der Waals surface area contributed by atoms with Crippen LogP contribution in [-0.4, -0.2) is 40.2 Å². The molecular weight excluding hydrogens is 404 g/mol. The largest absolute Gasteiger partial charge is 0.359 e. The van der Waals surface area contributed by atoms with E-state index in [2.05, 4.69) is 53.2 Å². The van der Waals surface area contributed by atoms with Crippen molar-refractivity contribution >= 4 is 10.8 Å². The summed E-state index contributed by atoms with van der Waals surface area (Å²) in [5.41, 5.74) is 4.61. The van der Waals surface area contributed by atoms with E-state index in [9.17, 15) is 0 Å². The zero-order chi connectivity index (χ0) is 22.0. The smallest absolute Gasteiger partial charge is 0.0966 e. The monoisotopic (exact) mass is 440 g/mol. The molecule has 2 aromatic rings. The topological polar surface area (TPSA) is 25.1 Å². The maximum Gasteiger partial charge on any atom is 0.0966 e. The van der Waals surface area contributed by atoms with Crippen molar-refractivity contribution in [3.63, 3.8) is 0 Å². The summed E-state index contributed by atoms with van der Waals surface area (Å²) in [7, 11) is 0. The Hall–Kier alpha value is -1.97. The standard InChI is InChI=1S/C30H36N2O/c1-21-5-6-22(24-8-7-23-11-14-31-20-25(23)17-24)3-2-4-27-18-26-9-10-28(32-15-16-32)19-29(26)12-13-30(21,27)33-29/h4,7-8,11,14,17-18,20-22,28H,2-3,5-6,9-10,12-13,15-16,19H2,1H3. The van der Waals surface area contributed by atoms with E-state index in [-0.39, 0.29) is 11.2 Å². The maximum absolute atomic E-state index is 7.32. The van der Waals surface area contributed by atoms with Crippen LogP contribution in [0.2, 0.25) is 0 Å². The molecule has 5 aliphatic rings. The molecule has 3 fully saturated rings. The molecule has 5 atom stereocenters.